The van der Waals surface area contributed by atoms with Crippen LogP contribution in [0.25, 0.3) is 22.2 Å². The molecule has 0 unspecified atom stereocenters. The number of fused-ring (bicyclic) bond motifs is 1. The standard InChI is InChI=1S/C20H19N5O2S/c1-13-19(15-6-4-3-5-7-15)20-18(11-22-13)24-14(2)25(20)12-16-8-9-17(10-23-16)28(21,26)27/h3-11H,12H2,1-2H3,(H2,21,26,27). The quantitative estimate of drug-likeness (QED) is 0.574. The zero-order chi connectivity index (χ0) is 19.9. The monoisotopic (exact) mass is 393 g/mol. The van der Waals surface area contributed by atoms with E-state index in [1.54, 1.807) is 12.3 Å². The molecule has 0 aliphatic heterocycles. The van der Waals surface area contributed by atoms with Crippen molar-refractivity contribution in [2.45, 2.75) is 25.3 Å². The van der Waals surface area contributed by atoms with E-state index in [0.29, 0.717) is 12.2 Å². The van der Waals surface area contributed by atoms with E-state index in [9.17, 15) is 8.42 Å². The molecule has 0 radical (unpaired) electrons. The smallest absolute Gasteiger partial charge is 0.239 e. The summed E-state index contributed by atoms with van der Waals surface area (Å²) >= 11 is 0. The van der Waals surface area contributed by atoms with Gasteiger partial charge in [0.05, 0.1) is 24.0 Å². The van der Waals surface area contributed by atoms with Gasteiger partial charge >= 0.3 is 0 Å². The molecule has 0 spiro atoms. The van der Waals surface area contributed by atoms with Gasteiger partial charge in [-0.25, -0.2) is 18.5 Å². The third-order valence-corrected chi connectivity index (χ3v) is 5.57. The summed E-state index contributed by atoms with van der Waals surface area (Å²) in [5.41, 5.74) is 5.51. The van der Waals surface area contributed by atoms with Crippen molar-refractivity contribution in [3.8, 4) is 11.1 Å². The molecule has 0 saturated carbocycles. The highest BCUT2D eigenvalue weighted by Crippen LogP contribution is 2.31. The van der Waals surface area contributed by atoms with Crippen LogP contribution in [0.4, 0.5) is 0 Å². The van der Waals surface area contributed by atoms with Gasteiger partial charge in [-0.2, -0.15) is 0 Å². The average Bonchev–Trinajstić information content (AvgIpc) is 2.98. The van der Waals surface area contributed by atoms with Gasteiger partial charge in [0.1, 0.15) is 16.2 Å². The fraction of sp³-hybridized carbons (Fsp3) is 0.150. The van der Waals surface area contributed by atoms with E-state index < -0.39 is 10.0 Å². The van der Waals surface area contributed by atoms with Gasteiger partial charge in [-0.3, -0.25) is 9.97 Å². The van der Waals surface area contributed by atoms with Crippen LogP contribution in [0.3, 0.4) is 0 Å². The second-order valence-corrected chi connectivity index (χ2v) is 8.16. The van der Waals surface area contributed by atoms with Crippen molar-refractivity contribution in [1.29, 1.82) is 0 Å². The first-order valence-corrected chi connectivity index (χ1v) is 10.2. The first-order chi connectivity index (χ1) is 13.3. The Hall–Kier alpha value is -3.10. The summed E-state index contributed by atoms with van der Waals surface area (Å²) in [6, 6.07) is 13.2. The zero-order valence-electron chi connectivity index (χ0n) is 15.5. The molecule has 1 aromatic carbocycles. The number of rotatable bonds is 4. The lowest BCUT2D eigenvalue weighted by Gasteiger charge is -2.12. The van der Waals surface area contributed by atoms with Gasteiger partial charge in [0, 0.05) is 17.5 Å². The fourth-order valence-electron chi connectivity index (χ4n) is 3.31. The van der Waals surface area contributed by atoms with Gasteiger partial charge in [0.25, 0.3) is 0 Å². The van der Waals surface area contributed by atoms with Crippen molar-refractivity contribution in [3.63, 3.8) is 0 Å². The van der Waals surface area contributed by atoms with E-state index in [1.165, 1.54) is 12.3 Å². The van der Waals surface area contributed by atoms with Crippen molar-refractivity contribution in [1.82, 2.24) is 19.5 Å². The Bertz CT molecular complexity index is 1260. The molecular weight excluding hydrogens is 374 g/mol. The Balaban J connectivity index is 1.86. The maximum atomic E-state index is 11.4. The minimum atomic E-state index is -3.76. The van der Waals surface area contributed by atoms with E-state index in [4.69, 9.17) is 5.14 Å². The second-order valence-electron chi connectivity index (χ2n) is 6.59. The SMILES string of the molecule is Cc1ncc2nc(C)n(Cc3ccc(S(N)(=O)=O)cn3)c2c1-c1ccccc1. The van der Waals surface area contributed by atoms with Crippen LogP contribution < -0.4 is 5.14 Å². The Morgan fingerprint density at radius 3 is 2.39 bits per heavy atom. The molecule has 3 aromatic heterocycles. The molecule has 3 heterocycles. The number of pyridine rings is 2. The highest BCUT2D eigenvalue weighted by atomic mass is 32.2. The number of imidazole rings is 1. The molecule has 142 valence electrons. The van der Waals surface area contributed by atoms with E-state index in [2.05, 4.69) is 31.7 Å². The van der Waals surface area contributed by atoms with Gasteiger partial charge in [0.15, 0.2) is 0 Å². The summed E-state index contributed by atoms with van der Waals surface area (Å²) < 4.78 is 25.0. The summed E-state index contributed by atoms with van der Waals surface area (Å²) in [6.45, 7) is 4.37. The number of sulfonamides is 1. The van der Waals surface area contributed by atoms with Crippen molar-refractivity contribution in [2.75, 3.05) is 0 Å². The number of hydrogen-bond acceptors (Lipinski definition) is 5. The Morgan fingerprint density at radius 2 is 1.75 bits per heavy atom. The molecule has 4 aromatic rings. The van der Waals surface area contributed by atoms with Crippen LogP contribution in [0.5, 0.6) is 0 Å². The summed E-state index contributed by atoms with van der Waals surface area (Å²) in [5, 5.41) is 5.15. The first-order valence-electron chi connectivity index (χ1n) is 8.70. The van der Waals surface area contributed by atoms with Crippen molar-refractivity contribution in [3.05, 3.63) is 72.1 Å². The minimum absolute atomic E-state index is 0.00604. The van der Waals surface area contributed by atoms with Gasteiger partial charge in [-0.05, 0) is 31.5 Å². The van der Waals surface area contributed by atoms with Gasteiger partial charge in [-0.15, -0.1) is 0 Å². The lowest BCUT2D eigenvalue weighted by Crippen LogP contribution is -2.13. The minimum Gasteiger partial charge on any atom is -0.322 e. The van der Waals surface area contributed by atoms with Crippen molar-refractivity contribution in [2.24, 2.45) is 5.14 Å². The van der Waals surface area contributed by atoms with Crippen molar-refractivity contribution < 1.29 is 8.42 Å². The highest BCUT2D eigenvalue weighted by molar-refractivity contribution is 7.89. The number of nitrogens with two attached hydrogens (primary N) is 1. The molecular formula is C20H19N5O2S. The molecule has 2 N–H and O–H groups in total. The lowest BCUT2D eigenvalue weighted by molar-refractivity contribution is 0.597. The predicted octanol–water partition coefficient (Wildman–Crippen LogP) is 2.81. The number of aromatic nitrogens is 4. The van der Waals surface area contributed by atoms with E-state index in [0.717, 1.165) is 33.7 Å². The number of hydrogen-bond donors (Lipinski definition) is 1. The average molecular weight is 393 g/mol. The highest BCUT2D eigenvalue weighted by Gasteiger charge is 2.17. The van der Waals surface area contributed by atoms with E-state index in [-0.39, 0.29) is 4.90 Å². The van der Waals surface area contributed by atoms with Gasteiger partial charge in [-0.1, -0.05) is 30.3 Å². The van der Waals surface area contributed by atoms with E-state index >= 15 is 0 Å². The van der Waals surface area contributed by atoms with Crippen LogP contribution in [0, 0.1) is 13.8 Å². The molecule has 0 aliphatic rings. The number of aryl methyl sites for hydroxylation is 2. The van der Waals surface area contributed by atoms with Crippen molar-refractivity contribution >= 4 is 21.1 Å². The molecule has 0 bridgehead atoms. The first kappa shape index (κ1) is 18.3. The molecule has 0 saturated heterocycles. The largest absolute Gasteiger partial charge is 0.322 e. The Kier molecular flexibility index (Phi) is 4.44. The summed E-state index contributed by atoms with van der Waals surface area (Å²) in [6.07, 6.45) is 3.06. The molecule has 28 heavy (non-hydrogen) atoms. The van der Waals surface area contributed by atoms with E-state index in [1.807, 2.05) is 32.0 Å². The predicted molar refractivity (Wildman–Crippen MR) is 107 cm³/mol. The summed E-state index contributed by atoms with van der Waals surface area (Å²) in [4.78, 5) is 13.4. The molecule has 4 rings (SSSR count). The second kappa shape index (κ2) is 6.81. The topological polar surface area (TPSA) is 104 Å². The molecule has 0 fully saturated rings. The van der Waals surface area contributed by atoms with Crippen LogP contribution in [0.15, 0.2) is 59.8 Å². The Labute approximate surface area is 163 Å². The molecule has 0 atom stereocenters. The number of primary sulfonamides is 1. The van der Waals surface area contributed by atoms with Gasteiger partial charge < -0.3 is 4.57 Å². The Morgan fingerprint density at radius 1 is 1.00 bits per heavy atom. The molecule has 0 aliphatic carbocycles. The van der Waals surface area contributed by atoms with Crippen LogP contribution >= 0.6 is 0 Å². The van der Waals surface area contributed by atoms with Gasteiger partial charge in [0.2, 0.25) is 10.0 Å². The number of benzene rings is 1. The lowest BCUT2D eigenvalue weighted by atomic mass is 10.0. The summed E-state index contributed by atoms with van der Waals surface area (Å²) in [7, 11) is -3.76. The molecule has 8 heteroatoms. The third-order valence-electron chi connectivity index (χ3n) is 4.67. The maximum Gasteiger partial charge on any atom is 0.239 e. The normalized spacial score (nSPS) is 11.8. The number of nitrogens with zero attached hydrogens (tertiary/aromatic N) is 4. The fourth-order valence-corrected chi connectivity index (χ4v) is 3.77. The van der Waals surface area contributed by atoms with Crippen LogP contribution in [-0.4, -0.2) is 27.9 Å². The van der Waals surface area contributed by atoms with Crippen LogP contribution in [-0.2, 0) is 16.6 Å². The maximum absolute atomic E-state index is 11.4. The summed E-state index contributed by atoms with van der Waals surface area (Å²) in [5.74, 6) is 0.830. The third kappa shape index (κ3) is 3.28. The van der Waals surface area contributed by atoms with Crippen LogP contribution in [0.2, 0.25) is 0 Å². The molecule has 7 nitrogen and oxygen atoms in total. The zero-order valence-corrected chi connectivity index (χ0v) is 16.3. The van der Waals surface area contributed by atoms with Crippen LogP contribution in [0.1, 0.15) is 17.2 Å². The molecule has 0 amide bonds.